The number of aromatic nitrogens is 4. The molecule has 0 aliphatic rings. The summed E-state index contributed by atoms with van der Waals surface area (Å²) >= 11 is 0. The van der Waals surface area contributed by atoms with Crippen LogP contribution in [0.4, 0.5) is 18.9 Å². The van der Waals surface area contributed by atoms with Crippen LogP contribution in [0, 0.1) is 0 Å². The molecule has 0 spiro atoms. The number of halogens is 3. The molecular formula is C16H16F3N5O3. The number of para-hydroxylation sites is 2. The third-order valence-electron chi connectivity index (χ3n) is 4.00. The second kappa shape index (κ2) is 6.82. The van der Waals surface area contributed by atoms with Crippen molar-refractivity contribution >= 4 is 16.9 Å². The molecule has 0 bridgehead atoms. The average Bonchev–Trinajstić information content (AvgIpc) is 3.02. The Hall–Kier alpha value is -3.24. The number of anilines is 1. The maximum absolute atomic E-state index is 12.5. The van der Waals surface area contributed by atoms with E-state index in [0.29, 0.717) is 0 Å². The highest BCUT2D eigenvalue weighted by Crippen LogP contribution is 2.29. The average molecular weight is 383 g/mol. The maximum Gasteiger partial charge on any atom is 0.573 e. The number of benzene rings is 1. The Morgan fingerprint density at radius 2 is 1.85 bits per heavy atom. The summed E-state index contributed by atoms with van der Waals surface area (Å²) in [5.41, 5.74) is -0.342. The summed E-state index contributed by atoms with van der Waals surface area (Å²) < 4.78 is 45.2. The third-order valence-corrected chi connectivity index (χ3v) is 4.00. The molecule has 0 radical (unpaired) electrons. The van der Waals surface area contributed by atoms with Crippen molar-refractivity contribution in [1.29, 1.82) is 0 Å². The van der Waals surface area contributed by atoms with Gasteiger partial charge in [0.05, 0.1) is 12.0 Å². The number of alkyl halides is 3. The van der Waals surface area contributed by atoms with Gasteiger partial charge in [-0.15, -0.1) is 13.2 Å². The smallest absolute Gasteiger partial charge is 0.404 e. The summed E-state index contributed by atoms with van der Waals surface area (Å²) in [6, 6.07) is 5.66. The number of aryl methyl sites for hydroxylation is 1. The molecule has 1 aromatic carbocycles. The normalized spacial score (nSPS) is 11.7. The summed E-state index contributed by atoms with van der Waals surface area (Å²) in [6.07, 6.45) is -3.39. The summed E-state index contributed by atoms with van der Waals surface area (Å²) in [6.45, 7) is 0.444. The standard InChI is InChI=1S/C16H16F3N5O3/c1-22-13-12(14(25)23(2)15(22)26)24(9-21-13)8-7-20-10-5-3-4-6-11(10)27-16(17,18)19/h3-6,9,20H,7-8H2,1-2H3. The van der Waals surface area contributed by atoms with Crippen LogP contribution < -0.4 is 21.3 Å². The van der Waals surface area contributed by atoms with Gasteiger partial charge in [0, 0.05) is 27.2 Å². The summed E-state index contributed by atoms with van der Waals surface area (Å²) in [5, 5.41) is 2.85. The first-order valence-electron chi connectivity index (χ1n) is 7.88. The number of rotatable bonds is 5. The predicted molar refractivity (Wildman–Crippen MR) is 91.8 cm³/mol. The Morgan fingerprint density at radius 1 is 1.15 bits per heavy atom. The largest absolute Gasteiger partial charge is 0.573 e. The van der Waals surface area contributed by atoms with Crippen LogP contribution >= 0.6 is 0 Å². The lowest BCUT2D eigenvalue weighted by Gasteiger charge is -2.14. The molecule has 2 aromatic heterocycles. The minimum absolute atomic E-state index is 0.166. The van der Waals surface area contributed by atoms with Gasteiger partial charge in [0.1, 0.15) is 0 Å². The van der Waals surface area contributed by atoms with Gasteiger partial charge in [-0.25, -0.2) is 9.78 Å². The Balaban J connectivity index is 1.82. The monoisotopic (exact) mass is 383 g/mol. The Morgan fingerprint density at radius 3 is 2.56 bits per heavy atom. The summed E-state index contributed by atoms with van der Waals surface area (Å²) in [7, 11) is 2.87. The van der Waals surface area contributed by atoms with E-state index in [0.717, 1.165) is 4.57 Å². The van der Waals surface area contributed by atoms with Crippen molar-refractivity contribution in [2.24, 2.45) is 14.1 Å². The van der Waals surface area contributed by atoms with Gasteiger partial charge in [0.15, 0.2) is 16.9 Å². The molecule has 3 rings (SSSR count). The lowest BCUT2D eigenvalue weighted by atomic mass is 10.3. The van der Waals surface area contributed by atoms with E-state index >= 15 is 0 Å². The molecule has 0 saturated heterocycles. The maximum atomic E-state index is 12.5. The van der Waals surface area contributed by atoms with E-state index in [4.69, 9.17) is 0 Å². The van der Waals surface area contributed by atoms with Crippen molar-refractivity contribution in [2.45, 2.75) is 12.9 Å². The van der Waals surface area contributed by atoms with E-state index in [9.17, 15) is 22.8 Å². The van der Waals surface area contributed by atoms with Crippen LogP contribution in [0.5, 0.6) is 5.75 Å². The van der Waals surface area contributed by atoms with Gasteiger partial charge in [-0.3, -0.25) is 13.9 Å². The zero-order valence-corrected chi connectivity index (χ0v) is 14.4. The van der Waals surface area contributed by atoms with Gasteiger partial charge in [-0.2, -0.15) is 0 Å². The molecule has 0 unspecified atom stereocenters. The minimum atomic E-state index is -4.80. The quantitative estimate of drug-likeness (QED) is 0.721. The topological polar surface area (TPSA) is 83.1 Å². The lowest BCUT2D eigenvalue weighted by molar-refractivity contribution is -0.274. The number of hydrogen-bond donors (Lipinski definition) is 1. The van der Waals surface area contributed by atoms with E-state index in [-0.39, 0.29) is 35.7 Å². The Bertz CT molecular complexity index is 1100. The van der Waals surface area contributed by atoms with Crippen LogP contribution in [-0.2, 0) is 20.6 Å². The molecule has 0 saturated carbocycles. The highest BCUT2D eigenvalue weighted by atomic mass is 19.4. The molecule has 8 nitrogen and oxygen atoms in total. The van der Waals surface area contributed by atoms with Crippen molar-refractivity contribution in [3.63, 3.8) is 0 Å². The Kier molecular flexibility index (Phi) is 4.68. The van der Waals surface area contributed by atoms with E-state index < -0.39 is 17.6 Å². The van der Waals surface area contributed by atoms with E-state index in [1.807, 2.05) is 0 Å². The van der Waals surface area contributed by atoms with Gasteiger partial charge in [0.2, 0.25) is 0 Å². The van der Waals surface area contributed by atoms with E-state index in [1.165, 1.54) is 47.8 Å². The molecule has 0 aliphatic carbocycles. The molecule has 27 heavy (non-hydrogen) atoms. The number of ether oxygens (including phenoxy) is 1. The SMILES string of the molecule is Cn1c(=O)c2c(ncn2CCNc2ccccc2OC(F)(F)F)n(C)c1=O. The van der Waals surface area contributed by atoms with Crippen molar-refractivity contribution < 1.29 is 17.9 Å². The van der Waals surface area contributed by atoms with Crippen LogP contribution in [0.1, 0.15) is 0 Å². The number of fused-ring (bicyclic) bond motifs is 1. The molecule has 0 amide bonds. The van der Waals surface area contributed by atoms with E-state index in [2.05, 4.69) is 15.0 Å². The van der Waals surface area contributed by atoms with Gasteiger partial charge in [-0.1, -0.05) is 12.1 Å². The van der Waals surface area contributed by atoms with Crippen molar-refractivity contribution in [3.05, 3.63) is 51.4 Å². The zero-order valence-electron chi connectivity index (χ0n) is 14.4. The number of imidazole rings is 1. The fourth-order valence-corrected chi connectivity index (χ4v) is 2.70. The fourth-order valence-electron chi connectivity index (χ4n) is 2.70. The van der Waals surface area contributed by atoms with Gasteiger partial charge < -0.3 is 14.6 Å². The summed E-state index contributed by atoms with van der Waals surface area (Å²) in [5.74, 6) is -0.348. The first kappa shape index (κ1) is 18.5. The molecular weight excluding hydrogens is 367 g/mol. The molecule has 11 heteroatoms. The molecule has 1 N–H and O–H groups in total. The summed E-state index contributed by atoms with van der Waals surface area (Å²) in [4.78, 5) is 28.4. The van der Waals surface area contributed by atoms with Crippen LogP contribution in [0.25, 0.3) is 11.2 Å². The van der Waals surface area contributed by atoms with Crippen LogP contribution in [0.3, 0.4) is 0 Å². The lowest BCUT2D eigenvalue weighted by Crippen LogP contribution is -2.37. The van der Waals surface area contributed by atoms with Crippen LogP contribution in [0.2, 0.25) is 0 Å². The van der Waals surface area contributed by atoms with Crippen LogP contribution in [-0.4, -0.2) is 31.6 Å². The molecule has 2 heterocycles. The van der Waals surface area contributed by atoms with Gasteiger partial charge >= 0.3 is 12.1 Å². The number of hydrogen-bond acceptors (Lipinski definition) is 5. The van der Waals surface area contributed by atoms with Crippen molar-refractivity contribution in [3.8, 4) is 5.75 Å². The first-order chi connectivity index (χ1) is 12.7. The number of nitrogens with one attached hydrogen (secondary N) is 1. The molecule has 0 fully saturated rings. The molecule has 0 atom stereocenters. The first-order valence-corrected chi connectivity index (χ1v) is 7.88. The zero-order chi connectivity index (χ0) is 19.8. The highest BCUT2D eigenvalue weighted by Gasteiger charge is 2.32. The number of nitrogens with zero attached hydrogens (tertiary/aromatic N) is 4. The van der Waals surface area contributed by atoms with Gasteiger partial charge in [0.25, 0.3) is 5.56 Å². The van der Waals surface area contributed by atoms with Crippen molar-refractivity contribution in [1.82, 2.24) is 18.7 Å². The van der Waals surface area contributed by atoms with Crippen molar-refractivity contribution in [2.75, 3.05) is 11.9 Å². The molecule has 0 aliphatic heterocycles. The van der Waals surface area contributed by atoms with Crippen LogP contribution in [0.15, 0.2) is 40.2 Å². The molecule has 3 aromatic rings. The second-order valence-electron chi connectivity index (χ2n) is 5.79. The third kappa shape index (κ3) is 3.66. The Labute approximate surface area is 150 Å². The molecule has 144 valence electrons. The minimum Gasteiger partial charge on any atom is -0.404 e. The highest BCUT2D eigenvalue weighted by molar-refractivity contribution is 5.70. The fraction of sp³-hybridized carbons (Fsp3) is 0.312. The van der Waals surface area contributed by atoms with Gasteiger partial charge in [-0.05, 0) is 12.1 Å². The predicted octanol–water partition coefficient (Wildman–Crippen LogP) is 1.44. The second-order valence-corrected chi connectivity index (χ2v) is 5.79. The van der Waals surface area contributed by atoms with E-state index in [1.54, 1.807) is 6.07 Å².